The molecule has 0 amide bonds. The standard InChI is InChI=1S/C20H27N5O2/c1-2-16-13-18(27-23-16)14-24-20(26)25(17-6-4-3-5-7-17)19(22-24)12-15-8-10-21-11-9-15/h3-7,15,18,21H,2,8-14H2,1H3/t18-/m0/s1. The van der Waals surface area contributed by atoms with Crippen molar-refractivity contribution in [1.82, 2.24) is 19.7 Å². The lowest BCUT2D eigenvalue weighted by molar-refractivity contribution is 0.0687. The lowest BCUT2D eigenvalue weighted by atomic mass is 9.94. The van der Waals surface area contributed by atoms with Gasteiger partial charge in [0, 0.05) is 12.8 Å². The molecule has 7 heteroatoms. The van der Waals surface area contributed by atoms with Gasteiger partial charge in [-0.3, -0.25) is 0 Å². The fourth-order valence-corrected chi connectivity index (χ4v) is 3.87. The number of oxime groups is 1. The zero-order valence-corrected chi connectivity index (χ0v) is 15.8. The maximum Gasteiger partial charge on any atom is 0.350 e. The van der Waals surface area contributed by atoms with Gasteiger partial charge in [-0.05, 0) is 50.4 Å². The molecule has 0 unspecified atom stereocenters. The molecule has 1 atom stereocenters. The van der Waals surface area contributed by atoms with Crippen molar-refractivity contribution >= 4 is 5.71 Å². The van der Waals surface area contributed by atoms with E-state index in [9.17, 15) is 4.79 Å². The van der Waals surface area contributed by atoms with Gasteiger partial charge in [-0.15, -0.1) is 0 Å². The summed E-state index contributed by atoms with van der Waals surface area (Å²) in [5, 5.41) is 12.2. The Hall–Kier alpha value is -2.41. The zero-order valence-electron chi connectivity index (χ0n) is 15.8. The largest absolute Gasteiger partial charge is 0.390 e. The minimum absolute atomic E-state index is 0.0984. The Bertz CT molecular complexity index is 849. The molecule has 2 aromatic rings. The Balaban J connectivity index is 1.61. The fourth-order valence-electron chi connectivity index (χ4n) is 3.87. The third kappa shape index (κ3) is 3.98. The van der Waals surface area contributed by atoms with Crippen LogP contribution in [0, 0.1) is 5.92 Å². The molecule has 3 heterocycles. The van der Waals surface area contributed by atoms with Gasteiger partial charge in [0.25, 0.3) is 0 Å². The third-order valence-electron chi connectivity index (χ3n) is 5.43. The average Bonchev–Trinajstić information content (AvgIpc) is 3.28. The van der Waals surface area contributed by atoms with E-state index in [-0.39, 0.29) is 11.8 Å². The highest BCUT2D eigenvalue weighted by Gasteiger charge is 2.25. The molecule has 2 aliphatic heterocycles. The summed E-state index contributed by atoms with van der Waals surface area (Å²) >= 11 is 0. The van der Waals surface area contributed by atoms with Gasteiger partial charge in [0.05, 0.1) is 17.9 Å². The Morgan fingerprint density at radius 1 is 1.22 bits per heavy atom. The maximum absolute atomic E-state index is 13.1. The van der Waals surface area contributed by atoms with E-state index in [1.54, 1.807) is 9.25 Å². The third-order valence-corrected chi connectivity index (χ3v) is 5.43. The highest BCUT2D eigenvalue weighted by Crippen LogP contribution is 2.19. The van der Waals surface area contributed by atoms with E-state index in [2.05, 4.69) is 17.4 Å². The molecular weight excluding hydrogens is 342 g/mol. The minimum atomic E-state index is -0.108. The second kappa shape index (κ2) is 8.08. The van der Waals surface area contributed by atoms with E-state index in [1.807, 2.05) is 30.3 Å². The molecule has 1 aromatic heterocycles. The SMILES string of the molecule is CCC1=NO[C@H](Cn2nc(CC3CCNCC3)n(-c3ccccc3)c2=O)C1. The van der Waals surface area contributed by atoms with Crippen molar-refractivity contribution in [2.75, 3.05) is 13.1 Å². The van der Waals surface area contributed by atoms with Crippen LogP contribution in [0.2, 0.25) is 0 Å². The van der Waals surface area contributed by atoms with Gasteiger partial charge < -0.3 is 10.2 Å². The predicted octanol–water partition coefficient (Wildman–Crippen LogP) is 2.13. The first-order valence-corrected chi connectivity index (χ1v) is 9.91. The summed E-state index contributed by atoms with van der Waals surface area (Å²) in [4.78, 5) is 18.6. The van der Waals surface area contributed by atoms with E-state index < -0.39 is 0 Å². The van der Waals surface area contributed by atoms with Crippen LogP contribution in [-0.2, 0) is 17.8 Å². The van der Waals surface area contributed by atoms with Crippen LogP contribution in [-0.4, -0.2) is 39.3 Å². The number of para-hydroxylation sites is 1. The van der Waals surface area contributed by atoms with Gasteiger partial charge in [-0.1, -0.05) is 30.3 Å². The van der Waals surface area contributed by atoms with Crippen LogP contribution in [0.1, 0.15) is 38.4 Å². The predicted molar refractivity (Wildman–Crippen MR) is 104 cm³/mol. The van der Waals surface area contributed by atoms with Crippen molar-refractivity contribution < 1.29 is 4.84 Å². The van der Waals surface area contributed by atoms with E-state index in [0.717, 1.165) is 62.4 Å². The number of aromatic nitrogens is 3. The Morgan fingerprint density at radius 2 is 2.00 bits per heavy atom. The molecule has 0 radical (unpaired) electrons. The van der Waals surface area contributed by atoms with Crippen LogP contribution in [0.25, 0.3) is 5.69 Å². The Morgan fingerprint density at radius 3 is 2.70 bits per heavy atom. The second-order valence-electron chi connectivity index (χ2n) is 7.39. The van der Waals surface area contributed by atoms with Crippen LogP contribution in [0.15, 0.2) is 40.3 Å². The number of nitrogens with one attached hydrogen (secondary N) is 1. The summed E-state index contributed by atoms with van der Waals surface area (Å²) in [6.45, 7) is 4.57. The molecule has 2 aliphatic rings. The molecule has 4 rings (SSSR count). The van der Waals surface area contributed by atoms with Gasteiger partial charge in [0.2, 0.25) is 0 Å². The van der Waals surface area contributed by atoms with Gasteiger partial charge in [-0.2, -0.15) is 5.10 Å². The quantitative estimate of drug-likeness (QED) is 0.847. The fraction of sp³-hybridized carbons (Fsp3) is 0.550. The molecule has 7 nitrogen and oxygen atoms in total. The Kier molecular flexibility index (Phi) is 5.38. The number of rotatable bonds is 6. The lowest BCUT2D eigenvalue weighted by Crippen LogP contribution is -2.30. The molecule has 1 saturated heterocycles. The Labute approximate surface area is 159 Å². The molecule has 1 N–H and O–H groups in total. The normalized spacial score (nSPS) is 20.5. The summed E-state index contributed by atoms with van der Waals surface area (Å²) in [6, 6.07) is 9.79. The highest BCUT2D eigenvalue weighted by molar-refractivity contribution is 5.85. The zero-order chi connectivity index (χ0) is 18.6. The maximum atomic E-state index is 13.1. The molecule has 0 spiro atoms. The van der Waals surface area contributed by atoms with Crippen molar-refractivity contribution in [3.05, 3.63) is 46.6 Å². The second-order valence-corrected chi connectivity index (χ2v) is 7.39. The van der Waals surface area contributed by atoms with Crippen LogP contribution < -0.4 is 11.0 Å². The molecule has 27 heavy (non-hydrogen) atoms. The molecule has 0 saturated carbocycles. The summed E-state index contributed by atoms with van der Waals surface area (Å²) in [5.74, 6) is 1.40. The van der Waals surface area contributed by atoms with E-state index in [4.69, 9.17) is 9.94 Å². The van der Waals surface area contributed by atoms with Gasteiger partial charge in [0.15, 0.2) is 6.10 Å². The molecule has 1 aromatic carbocycles. The topological polar surface area (TPSA) is 73.4 Å². The summed E-state index contributed by atoms with van der Waals surface area (Å²) < 4.78 is 3.32. The number of hydrogen-bond donors (Lipinski definition) is 1. The van der Waals surface area contributed by atoms with Crippen molar-refractivity contribution in [2.24, 2.45) is 11.1 Å². The van der Waals surface area contributed by atoms with Crippen molar-refractivity contribution in [1.29, 1.82) is 0 Å². The molecule has 144 valence electrons. The smallest absolute Gasteiger partial charge is 0.350 e. The van der Waals surface area contributed by atoms with Gasteiger partial charge in [-0.25, -0.2) is 14.0 Å². The lowest BCUT2D eigenvalue weighted by Gasteiger charge is -2.22. The van der Waals surface area contributed by atoms with Crippen molar-refractivity contribution in [3.63, 3.8) is 0 Å². The van der Waals surface area contributed by atoms with Gasteiger partial charge >= 0.3 is 5.69 Å². The highest BCUT2D eigenvalue weighted by atomic mass is 16.6. The minimum Gasteiger partial charge on any atom is -0.390 e. The van der Waals surface area contributed by atoms with Crippen molar-refractivity contribution in [3.8, 4) is 5.69 Å². The first-order valence-electron chi connectivity index (χ1n) is 9.91. The van der Waals surface area contributed by atoms with E-state index in [0.29, 0.717) is 12.5 Å². The van der Waals surface area contributed by atoms with Gasteiger partial charge in [0.1, 0.15) is 5.82 Å². The van der Waals surface area contributed by atoms with Crippen LogP contribution >= 0.6 is 0 Å². The first kappa shape index (κ1) is 18.0. The summed E-state index contributed by atoms with van der Waals surface area (Å²) in [5.41, 5.74) is 1.82. The monoisotopic (exact) mass is 369 g/mol. The van der Waals surface area contributed by atoms with E-state index >= 15 is 0 Å². The van der Waals surface area contributed by atoms with Crippen molar-refractivity contribution in [2.45, 2.75) is 51.7 Å². The molecule has 1 fully saturated rings. The number of nitrogens with zero attached hydrogens (tertiary/aromatic N) is 4. The first-order chi connectivity index (χ1) is 13.2. The molecule has 0 aliphatic carbocycles. The van der Waals surface area contributed by atoms with Crippen LogP contribution in [0.3, 0.4) is 0 Å². The molecular formula is C20H27N5O2. The van der Waals surface area contributed by atoms with Crippen LogP contribution in [0.4, 0.5) is 0 Å². The number of hydrogen-bond acceptors (Lipinski definition) is 5. The molecule has 0 bridgehead atoms. The van der Waals surface area contributed by atoms with Crippen LogP contribution in [0.5, 0.6) is 0 Å². The average molecular weight is 369 g/mol. The van der Waals surface area contributed by atoms with E-state index in [1.165, 1.54) is 0 Å². The number of piperidine rings is 1. The number of benzene rings is 1. The summed E-state index contributed by atoms with van der Waals surface area (Å²) in [7, 11) is 0. The summed E-state index contributed by atoms with van der Waals surface area (Å²) in [6.07, 6.45) is 4.60.